The van der Waals surface area contributed by atoms with Crippen LogP contribution in [0.3, 0.4) is 0 Å². The monoisotopic (exact) mass is 269 g/mol. The number of carbonyl (C=O) groups excluding carboxylic acids is 1. The van der Waals surface area contributed by atoms with Crippen molar-refractivity contribution in [1.82, 2.24) is 15.2 Å². The Balaban J connectivity index is 2.17. The second-order valence-electron chi connectivity index (χ2n) is 3.00. The van der Waals surface area contributed by atoms with Crippen LogP contribution in [0.4, 0.5) is 10.9 Å². The first-order chi connectivity index (χ1) is 8.20. The highest BCUT2D eigenvalue weighted by molar-refractivity contribution is 7.13. The first-order valence-corrected chi connectivity index (χ1v) is 5.87. The molecule has 0 atom stereocenters. The Morgan fingerprint density at radius 2 is 2.35 bits per heavy atom. The Morgan fingerprint density at radius 1 is 1.53 bits per heavy atom. The van der Waals surface area contributed by atoms with Crippen molar-refractivity contribution in [3.63, 3.8) is 0 Å². The van der Waals surface area contributed by atoms with Crippen molar-refractivity contribution in [3.8, 4) is 0 Å². The molecule has 0 unspecified atom stereocenters. The third kappa shape index (κ3) is 2.69. The average Bonchev–Trinajstić information content (AvgIpc) is 2.81. The molecule has 0 spiro atoms. The van der Waals surface area contributed by atoms with Gasteiger partial charge in [0.2, 0.25) is 5.13 Å². The highest BCUT2D eigenvalue weighted by atomic mass is 35.5. The van der Waals surface area contributed by atoms with E-state index in [1.54, 1.807) is 7.05 Å². The van der Waals surface area contributed by atoms with Gasteiger partial charge in [0.1, 0.15) is 11.3 Å². The van der Waals surface area contributed by atoms with E-state index >= 15 is 0 Å². The Kier molecular flexibility index (Phi) is 3.50. The van der Waals surface area contributed by atoms with Crippen LogP contribution < -0.4 is 10.6 Å². The molecule has 2 aromatic heterocycles. The number of pyridine rings is 1. The van der Waals surface area contributed by atoms with Crippen molar-refractivity contribution >= 4 is 39.8 Å². The smallest absolute Gasteiger partial charge is 0.259 e. The number of halogens is 1. The molecule has 0 fully saturated rings. The molecule has 2 heterocycles. The molecule has 2 rings (SSSR count). The van der Waals surface area contributed by atoms with Crippen LogP contribution in [-0.2, 0) is 0 Å². The predicted octanol–water partition coefficient (Wildman–Crippen LogP) is 1.88. The summed E-state index contributed by atoms with van der Waals surface area (Å²) >= 11 is 7.16. The van der Waals surface area contributed by atoms with Crippen LogP contribution in [0.2, 0.25) is 5.02 Å². The summed E-state index contributed by atoms with van der Waals surface area (Å²) in [6, 6.07) is 1.54. The van der Waals surface area contributed by atoms with Crippen LogP contribution in [0.5, 0.6) is 0 Å². The molecule has 0 saturated carbocycles. The fourth-order valence-corrected chi connectivity index (χ4v) is 1.84. The minimum absolute atomic E-state index is 0.321. The standard InChI is InChI=1S/C9H8ClN5OS/c1-11-7-6(10)2-5(3-12-7)8(16)14-9-15-13-4-17-9/h2-4H,1H3,(H,11,12)(H,14,15,16). The molecule has 17 heavy (non-hydrogen) atoms. The quantitative estimate of drug-likeness (QED) is 0.889. The Morgan fingerprint density at radius 3 is 2.94 bits per heavy atom. The molecule has 0 bridgehead atoms. The number of nitrogens with zero attached hydrogens (tertiary/aromatic N) is 3. The molecule has 2 N–H and O–H groups in total. The predicted molar refractivity (Wildman–Crippen MR) is 66.7 cm³/mol. The number of carbonyl (C=O) groups is 1. The van der Waals surface area contributed by atoms with Crippen LogP contribution in [-0.4, -0.2) is 28.1 Å². The molecular formula is C9H8ClN5OS. The van der Waals surface area contributed by atoms with Crippen molar-refractivity contribution < 1.29 is 4.79 Å². The lowest BCUT2D eigenvalue weighted by Gasteiger charge is -2.04. The molecule has 6 nitrogen and oxygen atoms in total. The Hall–Kier alpha value is -1.73. The van der Waals surface area contributed by atoms with Gasteiger partial charge in [0, 0.05) is 13.2 Å². The maximum Gasteiger partial charge on any atom is 0.259 e. The molecule has 0 aliphatic carbocycles. The molecular weight excluding hydrogens is 262 g/mol. The van der Waals surface area contributed by atoms with E-state index in [1.807, 2.05) is 0 Å². The first kappa shape index (κ1) is 11.7. The van der Waals surface area contributed by atoms with E-state index in [9.17, 15) is 4.79 Å². The van der Waals surface area contributed by atoms with Gasteiger partial charge in [0.15, 0.2) is 0 Å². The molecule has 0 aliphatic rings. The number of amides is 1. The van der Waals surface area contributed by atoms with Crippen LogP contribution in [0.1, 0.15) is 10.4 Å². The Bertz CT molecular complexity index is 530. The first-order valence-electron chi connectivity index (χ1n) is 4.61. The molecule has 88 valence electrons. The second-order valence-corrected chi connectivity index (χ2v) is 4.24. The zero-order valence-corrected chi connectivity index (χ0v) is 10.3. The summed E-state index contributed by atoms with van der Waals surface area (Å²) in [7, 11) is 1.70. The highest BCUT2D eigenvalue weighted by Gasteiger charge is 2.10. The van der Waals surface area contributed by atoms with Crippen molar-refractivity contribution in [1.29, 1.82) is 0 Å². The number of nitrogens with one attached hydrogen (secondary N) is 2. The summed E-state index contributed by atoms with van der Waals surface area (Å²) in [5.74, 6) is 0.206. The van der Waals surface area contributed by atoms with Gasteiger partial charge in [-0.15, -0.1) is 10.2 Å². The fourth-order valence-electron chi connectivity index (χ4n) is 1.14. The zero-order chi connectivity index (χ0) is 12.3. The normalized spacial score (nSPS) is 10.0. The molecule has 1 amide bonds. The lowest BCUT2D eigenvalue weighted by molar-refractivity contribution is 0.102. The lowest BCUT2D eigenvalue weighted by Crippen LogP contribution is -2.12. The third-order valence-corrected chi connectivity index (χ3v) is 2.82. The maximum atomic E-state index is 11.8. The fraction of sp³-hybridized carbons (Fsp3) is 0.111. The molecule has 8 heteroatoms. The van der Waals surface area contributed by atoms with E-state index in [0.29, 0.717) is 21.5 Å². The zero-order valence-electron chi connectivity index (χ0n) is 8.77. The van der Waals surface area contributed by atoms with Crippen LogP contribution >= 0.6 is 22.9 Å². The summed E-state index contributed by atoms with van der Waals surface area (Å²) < 4.78 is 0. The Labute approximate surface area is 106 Å². The van der Waals surface area contributed by atoms with Gasteiger partial charge in [-0.05, 0) is 6.07 Å². The van der Waals surface area contributed by atoms with Crippen LogP contribution in [0, 0.1) is 0 Å². The van der Waals surface area contributed by atoms with E-state index in [0.717, 1.165) is 0 Å². The lowest BCUT2D eigenvalue weighted by atomic mass is 10.2. The highest BCUT2D eigenvalue weighted by Crippen LogP contribution is 2.20. The number of rotatable bonds is 3. The summed E-state index contributed by atoms with van der Waals surface area (Å²) in [6.07, 6.45) is 1.44. The van der Waals surface area contributed by atoms with Gasteiger partial charge in [0.05, 0.1) is 10.6 Å². The summed E-state index contributed by atoms with van der Waals surface area (Å²) in [5, 5.41) is 13.5. The maximum absolute atomic E-state index is 11.8. The minimum atomic E-state index is -0.321. The van der Waals surface area contributed by atoms with Gasteiger partial charge in [0.25, 0.3) is 5.91 Å². The van der Waals surface area contributed by atoms with Gasteiger partial charge in [-0.25, -0.2) is 4.98 Å². The van der Waals surface area contributed by atoms with E-state index < -0.39 is 0 Å². The van der Waals surface area contributed by atoms with Crippen molar-refractivity contribution in [3.05, 3.63) is 28.4 Å². The van der Waals surface area contributed by atoms with Gasteiger partial charge < -0.3 is 5.32 Å². The number of hydrogen-bond acceptors (Lipinski definition) is 6. The van der Waals surface area contributed by atoms with E-state index in [4.69, 9.17) is 11.6 Å². The van der Waals surface area contributed by atoms with E-state index in [-0.39, 0.29) is 5.91 Å². The number of aromatic nitrogens is 3. The number of hydrogen-bond donors (Lipinski definition) is 2. The van der Waals surface area contributed by atoms with Crippen LogP contribution in [0.15, 0.2) is 17.8 Å². The van der Waals surface area contributed by atoms with E-state index in [2.05, 4.69) is 25.8 Å². The molecule has 0 aromatic carbocycles. The van der Waals surface area contributed by atoms with Crippen molar-refractivity contribution in [2.45, 2.75) is 0 Å². The average molecular weight is 270 g/mol. The van der Waals surface area contributed by atoms with Gasteiger partial charge in [-0.2, -0.15) is 0 Å². The molecule has 0 radical (unpaired) electrons. The molecule has 2 aromatic rings. The summed E-state index contributed by atoms with van der Waals surface area (Å²) in [4.78, 5) is 15.8. The second kappa shape index (κ2) is 5.07. The largest absolute Gasteiger partial charge is 0.372 e. The number of anilines is 2. The topological polar surface area (TPSA) is 79.8 Å². The third-order valence-electron chi connectivity index (χ3n) is 1.92. The SMILES string of the molecule is CNc1ncc(C(=O)Nc2nncs2)cc1Cl. The minimum Gasteiger partial charge on any atom is -0.372 e. The van der Waals surface area contributed by atoms with E-state index in [1.165, 1.54) is 29.1 Å². The van der Waals surface area contributed by atoms with Gasteiger partial charge in [-0.1, -0.05) is 22.9 Å². The van der Waals surface area contributed by atoms with Gasteiger partial charge in [-0.3, -0.25) is 10.1 Å². The summed E-state index contributed by atoms with van der Waals surface area (Å²) in [5.41, 5.74) is 1.90. The van der Waals surface area contributed by atoms with Crippen LogP contribution in [0.25, 0.3) is 0 Å². The summed E-state index contributed by atoms with van der Waals surface area (Å²) in [6.45, 7) is 0. The molecule has 0 saturated heterocycles. The van der Waals surface area contributed by atoms with Crippen molar-refractivity contribution in [2.24, 2.45) is 0 Å². The van der Waals surface area contributed by atoms with Gasteiger partial charge >= 0.3 is 0 Å². The van der Waals surface area contributed by atoms with Crippen molar-refractivity contribution in [2.75, 3.05) is 17.7 Å². The molecule has 0 aliphatic heterocycles.